The van der Waals surface area contributed by atoms with Gasteiger partial charge in [-0.3, -0.25) is 9.59 Å². The maximum absolute atomic E-state index is 13.0. The summed E-state index contributed by atoms with van der Waals surface area (Å²) in [5.74, 6) is 0.508. The summed E-state index contributed by atoms with van der Waals surface area (Å²) in [4.78, 5) is 45.2. The number of rotatable bonds is 11. The summed E-state index contributed by atoms with van der Waals surface area (Å²) in [7, 11) is 0. The van der Waals surface area contributed by atoms with E-state index in [4.69, 9.17) is 14.3 Å². The number of ether oxygens (including phenoxy) is 2. The molecule has 2 aliphatic heterocycles. The van der Waals surface area contributed by atoms with Crippen molar-refractivity contribution in [3.8, 4) is 10.4 Å². The van der Waals surface area contributed by atoms with Crippen molar-refractivity contribution in [2.24, 2.45) is 0 Å². The van der Waals surface area contributed by atoms with Gasteiger partial charge in [0, 0.05) is 34.9 Å². The summed E-state index contributed by atoms with van der Waals surface area (Å²) in [5.41, 5.74) is 5.10. The van der Waals surface area contributed by atoms with Crippen LogP contribution in [0.4, 0.5) is 10.5 Å². The predicted molar refractivity (Wildman–Crippen MR) is 168 cm³/mol. The lowest BCUT2D eigenvalue weighted by atomic mass is 9.94. The van der Waals surface area contributed by atoms with Gasteiger partial charge in [-0.05, 0) is 66.8 Å². The van der Waals surface area contributed by atoms with Crippen molar-refractivity contribution in [1.82, 2.24) is 10.8 Å². The van der Waals surface area contributed by atoms with Crippen LogP contribution in [0.15, 0.2) is 66.7 Å². The molecule has 11 heteroatoms. The highest BCUT2D eigenvalue weighted by atomic mass is 32.2. The number of carbonyl (C=O) groups is 3. The van der Waals surface area contributed by atoms with Crippen LogP contribution in [0.25, 0.3) is 10.4 Å². The quantitative estimate of drug-likeness (QED) is 0.213. The Morgan fingerprint density at radius 3 is 2.63 bits per heavy atom. The fraction of sp³-hybridized carbons (Fsp3) is 0.406. The molecule has 2 fully saturated rings. The number of hydroxylamine groups is 1. The number of hydrogen-bond donors (Lipinski definition) is 3. The molecule has 3 heterocycles. The SMILES string of the molecule is O=C(C[C@]1(c2ccc(-c3cccc(NC(=O)CNC(=O)OCc4ccccc4)c3)s2)CCCCS1)NOC1CCCCO1. The summed E-state index contributed by atoms with van der Waals surface area (Å²) in [6.07, 6.45) is 5.26. The van der Waals surface area contributed by atoms with Gasteiger partial charge in [-0.2, -0.15) is 0 Å². The molecule has 3 N–H and O–H groups in total. The normalized spacial score (nSPS) is 20.1. The van der Waals surface area contributed by atoms with Crippen LogP contribution in [0.2, 0.25) is 0 Å². The molecule has 0 saturated carbocycles. The van der Waals surface area contributed by atoms with Gasteiger partial charge in [-0.25, -0.2) is 15.1 Å². The monoisotopic (exact) mass is 623 g/mol. The predicted octanol–water partition coefficient (Wildman–Crippen LogP) is 6.36. The van der Waals surface area contributed by atoms with Crippen molar-refractivity contribution >= 4 is 46.7 Å². The van der Waals surface area contributed by atoms with Gasteiger partial charge in [0.2, 0.25) is 11.8 Å². The van der Waals surface area contributed by atoms with Crippen LogP contribution in [0.3, 0.4) is 0 Å². The molecule has 5 rings (SSSR count). The third-order valence-electron chi connectivity index (χ3n) is 7.33. The average molecular weight is 624 g/mol. The second-order valence-electron chi connectivity index (χ2n) is 10.6. The average Bonchev–Trinajstić information content (AvgIpc) is 3.55. The lowest BCUT2D eigenvalue weighted by Gasteiger charge is -2.35. The Labute approximate surface area is 260 Å². The second kappa shape index (κ2) is 15.4. The lowest BCUT2D eigenvalue weighted by Crippen LogP contribution is -2.37. The first-order chi connectivity index (χ1) is 21.0. The molecule has 0 aliphatic carbocycles. The van der Waals surface area contributed by atoms with E-state index in [1.54, 1.807) is 11.3 Å². The molecular formula is C32H37N3O6S2. The third kappa shape index (κ3) is 9.06. The number of thiophene rings is 1. The molecule has 2 aromatic carbocycles. The Balaban J connectivity index is 1.16. The number of amides is 3. The zero-order chi connectivity index (χ0) is 29.9. The Morgan fingerprint density at radius 1 is 0.953 bits per heavy atom. The number of alkyl carbamates (subject to hydrolysis) is 1. The van der Waals surface area contributed by atoms with Crippen molar-refractivity contribution in [3.05, 3.63) is 77.2 Å². The Kier molecular flexibility index (Phi) is 11.1. The van der Waals surface area contributed by atoms with Gasteiger partial charge in [0.25, 0.3) is 0 Å². The highest BCUT2D eigenvalue weighted by molar-refractivity contribution is 8.00. The van der Waals surface area contributed by atoms with E-state index >= 15 is 0 Å². The van der Waals surface area contributed by atoms with E-state index in [2.05, 4.69) is 28.2 Å². The minimum Gasteiger partial charge on any atom is -0.445 e. The molecule has 0 radical (unpaired) electrons. The van der Waals surface area contributed by atoms with Crippen LogP contribution in [-0.4, -0.2) is 43.1 Å². The highest BCUT2D eigenvalue weighted by Crippen LogP contribution is 2.51. The summed E-state index contributed by atoms with van der Waals surface area (Å²) in [6.45, 7) is 0.579. The van der Waals surface area contributed by atoms with E-state index in [9.17, 15) is 14.4 Å². The minimum absolute atomic E-state index is 0.132. The molecule has 228 valence electrons. The minimum atomic E-state index is -0.657. The van der Waals surface area contributed by atoms with Crippen LogP contribution in [0.1, 0.15) is 55.4 Å². The topological polar surface area (TPSA) is 115 Å². The van der Waals surface area contributed by atoms with Gasteiger partial charge in [0.1, 0.15) is 13.2 Å². The van der Waals surface area contributed by atoms with Gasteiger partial charge in [-0.15, -0.1) is 23.1 Å². The van der Waals surface area contributed by atoms with E-state index in [0.29, 0.717) is 18.7 Å². The first kappa shape index (κ1) is 31.1. The van der Waals surface area contributed by atoms with Crippen LogP contribution >= 0.6 is 23.1 Å². The molecule has 2 atom stereocenters. The zero-order valence-corrected chi connectivity index (χ0v) is 25.6. The molecule has 1 unspecified atom stereocenters. The standard InChI is InChI=1S/C32H37N3O6S2/c36-28(35-41-30-13-4-6-17-39-30)20-32(16-5-7-18-42-32)27-15-14-26(43-27)24-11-8-12-25(19-24)34-29(37)21-33-31(38)40-22-23-9-2-1-3-10-23/h1-3,8-12,14-15,19,30H,4-7,13,16-18,20-22H2,(H,33,38)(H,34,37)(H,35,36)/t30?,32-/m0/s1. The zero-order valence-electron chi connectivity index (χ0n) is 24.0. The number of thioether (sulfide) groups is 1. The van der Waals surface area contributed by atoms with E-state index < -0.39 is 6.09 Å². The maximum atomic E-state index is 13.0. The molecule has 43 heavy (non-hydrogen) atoms. The van der Waals surface area contributed by atoms with Crippen molar-refractivity contribution < 1.29 is 28.7 Å². The Bertz CT molecular complexity index is 1370. The highest BCUT2D eigenvalue weighted by Gasteiger charge is 2.38. The summed E-state index contributed by atoms with van der Waals surface area (Å²) in [6, 6.07) is 21.1. The van der Waals surface area contributed by atoms with Gasteiger partial charge in [-0.1, -0.05) is 48.9 Å². The number of anilines is 1. The van der Waals surface area contributed by atoms with Crippen molar-refractivity contribution in [1.29, 1.82) is 0 Å². The summed E-state index contributed by atoms with van der Waals surface area (Å²) >= 11 is 3.52. The van der Waals surface area contributed by atoms with Crippen LogP contribution in [-0.2, 0) is 35.3 Å². The molecule has 2 saturated heterocycles. The first-order valence-electron chi connectivity index (χ1n) is 14.6. The fourth-order valence-corrected chi connectivity index (χ4v) is 8.01. The van der Waals surface area contributed by atoms with Crippen LogP contribution in [0, 0.1) is 0 Å². The lowest BCUT2D eigenvalue weighted by molar-refractivity contribution is -0.200. The fourth-order valence-electron chi connectivity index (χ4n) is 5.12. The van der Waals surface area contributed by atoms with E-state index in [1.807, 2.05) is 66.4 Å². The molecular weight excluding hydrogens is 587 g/mol. The van der Waals surface area contributed by atoms with E-state index in [-0.39, 0.29) is 36.0 Å². The largest absolute Gasteiger partial charge is 0.445 e. The second-order valence-corrected chi connectivity index (χ2v) is 13.2. The van der Waals surface area contributed by atoms with Crippen LogP contribution in [0.5, 0.6) is 0 Å². The molecule has 0 bridgehead atoms. The van der Waals surface area contributed by atoms with Gasteiger partial charge < -0.3 is 20.1 Å². The third-order valence-corrected chi connectivity index (χ3v) is 10.4. The molecule has 1 aromatic heterocycles. The maximum Gasteiger partial charge on any atom is 0.407 e. The van der Waals surface area contributed by atoms with E-state index in [0.717, 1.165) is 65.2 Å². The number of hydrogen-bond acceptors (Lipinski definition) is 8. The van der Waals surface area contributed by atoms with E-state index in [1.165, 1.54) is 0 Å². The molecule has 3 amide bonds. The van der Waals surface area contributed by atoms with Gasteiger partial charge in [0.15, 0.2) is 6.29 Å². The first-order valence-corrected chi connectivity index (χ1v) is 16.4. The number of carbonyl (C=O) groups excluding carboxylic acids is 3. The molecule has 9 nitrogen and oxygen atoms in total. The van der Waals surface area contributed by atoms with Crippen molar-refractivity contribution in [2.75, 3.05) is 24.2 Å². The summed E-state index contributed by atoms with van der Waals surface area (Å²) < 4.78 is 10.4. The molecule has 2 aliphatic rings. The molecule has 3 aromatic rings. The Morgan fingerprint density at radius 2 is 1.84 bits per heavy atom. The van der Waals surface area contributed by atoms with Crippen molar-refractivity contribution in [3.63, 3.8) is 0 Å². The van der Waals surface area contributed by atoms with Crippen molar-refractivity contribution in [2.45, 2.75) is 62.6 Å². The van der Waals surface area contributed by atoms with Gasteiger partial charge >= 0.3 is 6.09 Å². The smallest absolute Gasteiger partial charge is 0.407 e. The van der Waals surface area contributed by atoms with Crippen LogP contribution < -0.4 is 16.1 Å². The number of nitrogens with one attached hydrogen (secondary N) is 3. The Hall–Kier alpha value is -3.38. The molecule has 0 spiro atoms. The number of benzene rings is 2. The van der Waals surface area contributed by atoms with Gasteiger partial charge in [0.05, 0.1) is 4.75 Å². The summed E-state index contributed by atoms with van der Waals surface area (Å²) in [5, 5.41) is 5.32.